The van der Waals surface area contributed by atoms with Gasteiger partial charge in [0.1, 0.15) is 0 Å². The zero-order chi connectivity index (χ0) is 15.7. The van der Waals surface area contributed by atoms with E-state index in [-0.39, 0.29) is 11.8 Å². The molecule has 0 fully saturated rings. The lowest BCUT2D eigenvalue weighted by Gasteiger charge is -2.11. The largest absolute Gasteiger partial charge is 0.326 e. The monoisotopic (exact) mass is 294 g/mol. The molecule has 2 aromatic carbocycles. The van der Waals surface area contributed by atoms with E-state index < -0.39 is 0 Å². The number of carbonyl (C=O) groups is 2. The maximum absolute atomic E-state index is 12.2. The van der Waals surface area contributed by atoms with E-state index in [4.69, 9.17) is 0 Å². The van der Waals surface area contributed by atoms with Crippen molar-refractivity contribution in [2.45, 2.75) is 19.8 Å². The van der Waals surface area contributed by atoms with Crippen LogP contribution >= 0.6 is 0 Å². The second-order valence-electron chi connectivity index (χ2n) is 5.62. The molecule has 1 aliphatic heterocycles. The number of nitrogens with zero attached hydrogens (tertiary/aromatic N) is 1. The number of carbonyl (C=O) groups excluding carboxylic acids is 2. The first kappa shape index (κ1) is 14.3. The van der Waals surface area contributed by atoms with E-state index in [1.165, 1.54) is 0 Å². The van der Waals surface area contributed by atoms with Crippen molar-refractivity contribution in [2.24, 2.45) is 0 Å². The zero-order valence-electron chi connectivity index (χ0n) is 12.7. The van der Waals surface area contributed by atoms with Crippen molar-refractivity contribution >= 4 is 23.2 Å². The summed E-state index contributed by atoms with van der Waals surface area (Å²) in [6.45, 7) is 2.00. The lowest BCUT2D eigenvalue weighted by molar-refractivity contribution is -0.117. The van der Waals surface area contributed by atoms with E-state index in [0.29, 0.717) is 12.8 Å². The highest BCUT2D eigenvalue weighted by Gasteiger charge is 2.24. The third kappa shape index (κ3) is 2.72. The fourth-order valence-corrected chi connectivity index (χ4v) is 2.73. The van der Waals surface area contributed by atoms with Crippen LogP contribution in [-0.2, 0) is 22.4 Å². The number of anilines is 2. The Labute approximate surface area is 129 Å². The molecular weight excluding hydrogens is 276 g/mol. The third-order valence-corrected chi connectivity index (χ3v) is 4.05. The Morgan fingerprint density at radius 1 is 1.23 bits per heavy atom. The van der Waals surface area contributed by atoms with Crippen LogP contribution in [0.15, 0.2) is 42.5 Å². The quantitative estimate of drug-likeness (QED) is 0.946. The summed E-state index contributed by atoms with van der Waals surface area (Å²) in [5.74, 6) is 0.0327. The Hall–Kier alpha value is -2.62. The maximum atomic E-state index is 12.2. The molecule has 0 aromatic heterocycles. The number of hydrogen-bond donors (Lipinski definition) is 1. The average Bonchev–Trinajstić information content (AvgIpc) is 2.76. The van der Waals surface area contributed by atoms with Gasteiger partial charge in [0, 0.05) is 18.4 Å². The standard InChI is InChI=1S/C18H18N2O2/c1-12-5-3-4-6-13(12)10-17(21)19-15-7-8-16-14(9-15)11-18(22)20(16)2/h3-9H,10-11H2,1-2H3,(H,19,21). The van der Waals surface area contributed by atoms with E-state index in [1.807, 2.05) is 49.4 Å². The fraction of sp³-hybridized carbons (Fsp3) is 0.222. The molecule has 112 valence electrons. The number of rotatable bonds is 3. The summed E-state index contributed by atoms with van der Waals surface area (Å²) in [6.07, 6.45) is 0.746. The Balaban J connectivity index is 1.72. The number of hydrogen-bond acceptors (Lipinski definition) is 2. The highest BCUT2D eigenvalue weighted by Crippen LogP contribution is 2.30. The first-order valence-electron chi connectivity index (χ1n) is 7.28. The molecule has 1 aliphatic rings. The van der Waals surface area contributed by atoms with Gasteiger partial charge in [-0.05, 0) is 41.8 Å². The van der Waals surface area contributed by atoms with Crippen LogP contribution < -0.4 is 10.2 Å². The summed E-state index contributed by atoms with van der Waals surface area (Å²) in [4.78, 5) is 25.5. The van der Waals surface area contributed by atoms with Gasteiger partial charge in [0.2, 0.25) is 11.8 Å². The number of fused-ring (bicyclic) bond motifs is 1. The molecule has 2 aromatic rings. The van der Waals surface area contributed by atoms with E-state index in [0.717, 1.165) is 28.1 Å². The van der Waals surface area contributed by atoms with Gasteiger partial charge in [0.25, 0.3) is 0 Å². The Morgan fingerprint density at radius 3 is 2.77 bits per heavy atom. The minimum absolute atomic E-state index is 0.0491. The second-order valence-corrected chi connectivity index (χ2v) is 5.62. The van der Waals surface area contributed by atoms with Crippen LogP contribution in [0.3, 0.4) is 0 Å². The predicted octanol–water partition coefficient (Wildman–Crippen LogP) is 2.70. The Morgan fingerprint density at radius 2 is 2.00 bits per heavy atom. The molecule has 3 rings (SSSR count). The number of aryl methyl sites for hydroxylation is 1. The van der Waals surface area contributed by atoms with Gasteiger partial charge in [-0.15, -0.1) is 0 Å². The number of benzene rings is 2. The minimum Gasteiger partial charge on any atom is -0.326 e. The molecule has 0 radical (unpaired) electrons. The molecule has 0 saturated carbocycles. The van der Waals surface area contributed by atoms with Crippen LogP contribution in [0.5, 0.6) is 0 Å². The van der Waals surface area contributed by atoms with E-state index in [1.54, 1.807) is 11.9 Å². The van der Waals surface area contributed by atoms with Gasteiger partial charge >= 0.3 is 0 Å². The van der Waals surface area contributed by atoms with Crippen LogP contribution in [0.25, 0.3) is 0 Å². The number of amides is 2. The highest BCUT2D eigenvalue weighted by molar-refractivity contribution is 6.02. The molecule has 0 unspecified atom stereocenters. The number of likely N-dealkylation sites (N-methyl/N-ethyl adjacent to an activating group) is 1. The van der Waals surface area contributed by atoms with Crippen molar-refractivity contribution < 1.29 is 9.59 Å². The van der Waals surface area contributed by atoms with Gasteiger partial charge in [-0.1, -0.05) is 24.3 Å². The lowest BCUT2D eigenvalue weighted by atomic mass is 10.1. The fourth-order valence-electron chi connectivity index (χ4n) is 2.73. The normalized spacial score (nSPS) is 13.2. The molecule has 0 aliphatic carbocycles. The topological polar surface area (TPSA) is 49.4 Å². The molecule has 1 N–H and O–H groups in total. The van der Waals surface area contributed by atoms with Crippen LogP contribution in [0.1, 0.15) is 16.7 Å². The first-order valence-corrected chi connectivity index (χ1v) is 7.28. The summed E-state index contributed by atoms with van der Waals surface area (Å²) in [7, 11) is 1.77. The van der Waals surface area contributed by atoms with Gasteiger partial charge < -0.3 is 10.2 Å². The molecule has 1 heterocycles. The zero-order valence-corrected chi connectivity index (χ0v) is 12.7. The van der Waals surface area contributed by atoms with Crippen LogP contribution in [-0.4, -0.2) is 18.9 Å². The Bertz CT molecular complexity index is 753. The summed E-state index contributed by atoms with van der Waals surface area (Å²) in [5, 5.41) is 2.91. The van der Waals surface area contributed by atoms with Crippen LogP contribution in [0.2, 0.25) is 0 Å². The van der Waals surface area contributed by atoms with Crippen molar-refractivity contribution in [3.63, 3.8) is 0 Å². The smallest absolute Gasteiger partial charge is 0.231 e. The molecule has 0 saturated heterocycles. The van der Waals surface area contributed by atoms with Crippen molar-refractivity contribution in [1.29, 1.82) is 0 Å². The van der Waals surface area contributed by atoms with Crippen LogP contribution in [0, 0.1) is 6.92 Å². The molecular formula is C18H18N2O2. The Kier molecular flexibility index (Phi) is 3.67. The molecule has 0 atom stereocenters. The SMILES string of the molecule is Cc1ccccc1CC(=O)Nc1ccc2c(c1)CC(=O)N2C. The van der Waals surface area contributed by atoms with Gasteiger partial charge in [-0.3, -0.25) is 9.59 Å². The van der Waals surface area contributed by atoms with Gasteiger partial charge in [-0.25, -0.2) is 0 Å². The maximum Gasteiger partial charge on any atom is 0.231 e. The van der Waals surface area contributed by atoms with Crippen molar-refractivity contribution in [3.05, 3.63) is 59.2 Å². The summed E-state index contributed by atoms with van der Waals surface area (Å²) < 4.78 is 0. The van der Waals surface area contributed by atoms with E-state index >= 15 is 0 Å². The summed E-state index contributed by atoms with van der Waals surface area (Å²) in [6, 6.07) is 13.5. The second kappa shape index (κ2) is 5.64. The third-order valence-electron chi connectivity index (χ3n) is 4.05. The molecule has 0 spiro atoms. The average molecular weight is 294 g/mol. The van der Waals surface area contributed by atoms with Crippen molar-refractivity contribution in [3.8, 4) is 0 Å². The van der Waals surface area contributed by atoms with Crippen molar-refractivity contribution in [2.75, 3.05) is 17.3 Å². The molecule has 4 heteroatoms. The molecule has 22 heavy (non-hydrogen) atoms. The highest BCUT2D eigenvalue weighted by atomic mass is 16.2. The number of nitrogens with one attached hydrogen (secondary N) is 1. The van der Waals surface area contributed by atoms with Crippen LogP contribution in [0.4, 0.5) is 11.4 Å². The van der Waals surface area contributed by atoms with E-state index in [2.05, 4.69) is 5.32 Å². The minimum atomic E-state index is -0.0491. The summed E-state index contributed by atoms with van der Waals surface area (Å²) in [5.41, 5.74) is 4.75. The van der Waals surface area contributed by atoms with E-state index in [9.17, 15) is 9.59 Å². The van der Waals surface area contributed by atoms with Gasteiger partial charge in [0.05, 0.1) is 12.8 Å². The first-order chi connectivity index (χ1) is 10.5. The molecule has 0 bridgehead atoms. The molecule has 4 nitrogen and oxygen atoms in total. The predicted molar refractivity (Wildman–Crippen MR) is 87.1 cm³/mol. The van der Waals surface area contributed by atoms with Gasteiger partial charge in [0.15, 0.2) is 0 Å². The summed E-state index contributed by atoms with van der Waals surface area (Å²) >= 11 is 0. The molecule has 2 amide bonds. The lowest BCUT2D eigenvalue weighted by Crippen LogP contribution is -2.20. The van der Waals surface area contributed by atoms with Crippen molar-refractivity contribution in [1.82, 2.24) is 0 Å². The van der Waals surface area contributed by atoms with Gasteiger partial charge in [-0.2, -0.15) is 0 Å².